The molecule has 1 heterocycles. The van der Waals surface area contributed by atoms with E-state index in [1.807, 2.05) is 37.3 Å². The highest BCUT2D eigenvalue weighted by atomic mass is 16.6. The lowest BCUT2D eigenvalue weighted by Gasteiger charge is -2.09. The van der Waals surface area contributed by atoms with Crippen LogP contribution in [0.4, 0.5) is 5.69 Å². The average Bonchev–Trinajstić information content (AvgIpc) is 2.61. The van der Waals surface area contributed by atoms with Gasteiger partial charge in [-0.3, -0.25) is 14.9 Å². The smallest absolute Gasteiger partial charge is 0.270 e. The number of nitro benzene ring substituents is 1. The van der Waals surface area contributed by atoms with Gasteiger partial charge in [0.1, 0.15) is 11.6 Å². The molecule has 122 valence electrons. The van der Waals surface area contributed by atoms with Gasteiger partial charge in [-0.1, -0.05) is 42.0 Å². The zero-order valence-corrected chi connectivity index (χ0v) is 13.3. The fraction of sp³-hybridized carbons (Fsp3) is 0.0526. The van der Waals surface area contributed by atoms with Crippen molar-refractivity contribution >= 4 is 5.69 Å². The molecule has 0 spiro atoms. The molecule has 1 N–H and O–H groups in total. The van der Waals surface area contributed by atoms with Crippen LogP contribution in [-0.4, -0.2) is 9.91 Å². The number of aromatic amines is 1. The molecule has 6 heteroatoms. The van der Waals surface area contributed by atoms with Crippen molar-refractivity contribution in [3.05, 3.63) is 86.2 Å². The number of H-pyrrole nitrogens is 1. The number of nitrogens with one attached hydrogen (secondary N) is 1. The van der Waals surface area contributed by atoms with Crippen LogP contribution in [0.15, 0.2) is 59.4 Å². The van der Waals surface area contributed by atoms with Crippen LogP contribution in [0.3, 0.4) is 0 Å². The van der Waals surface area contributed by atoms with Gasteiger partial charge in [0.05, 0.1) is 4.92 Å². The Morgan fingerprint density at radius 2 is 1.80 bits per heavy atom. The first-order chi connectivity index (χ1) is 12.0. The molecular weight excluding hydrogens is 318 g/mol. The minimum absolute atomic E-state index is 0.0137. The van der Waals surface area contributed by atoms with E-state index < -0.39 is 10.5 Å². The van der Waals surface area contributed by atoms with E-state index in [0.29, 0.717) is 16.8 Å². The van der Waals surface area contributed by atoms with Gasteiger partial charge in [-0.15, -0.1) is 0 Å². The van der Waals surface area contributed by atoms with Crippen LogP contribution in [-0.2, 0) is 0 Å². The Kier molecular flexibility index (Phi) is 4.14. The Morgan fingerprint density at radius 1 is 1.08 bits per heavy atom. The van der Waals surface area contributed by atoms with Crippen molar-refractivity contribution in [2.24, 2.45) is 0 Å². The van der Waals surface area contributed by atoms with Gasteiger partial charge < -0.3 is 4.98 Å². The van der Waals surface area contributed by atoms with Gasteiger partial charge in [0.15, 0.2) is 0 Å². The highest BCUT2D eigenvalue weighted by Gasteiger charge is 2.14. The molecule has 3 rings (SSSR count). The summed E-state index contributed by atoms with van der Waals surface area (Å²) in [5.74, 6) is 0. The molecule has 0 atom stereocenters. The predicted octanol–water partition coefficient (Wildman–Crippen LogP) is 3.80. The molecule has 0 aliphatic rings. The Bertz CT molecular complexity index is 1080. The molecule has 0 saturated heterocycles. The van der Waals surface area contributed by atoms with Crippen LogP contribution in [0.25, 0.3) is 22.4 Å². The standard InChI is InChI=1S/C19H13N3O3/c1-12-4-2-5-13(8-12)16-10-18(21-19(23)17(16)11-20)14-6-3-7-15(9-14)22(24)25/h2-10H,1H3,(H,21,23). The second kappa shape index (κ2) is 6.42. The van der Waals surface area contributed by atoms with Crippen molar-refractivity contribution in [1.29, 1.82) is 5.26 Å². The van der Waals surface area contributed by atoms with Crippen LogP contribution in [0, 0.1) is 28.4 Å². The molecule has 0 radical (unpaired) electrons. The summed E-state index contributed by atoms with van der Waals surface area (Å²) >= 11 is 0. The number of non-ortho nitro benzene ring substituents is 1. The van der Waals surface area contributed by atoms with E-state index in [0.717, 1.165) is 11.1 Å². The summed E-state index contributed by atoms with van der Waals surface area (Å²) in [7, 11) is 0. The summed E-state index contributed by atoms with van der Waals surface area (Å²) in [6.45, 7) is 1.92. The molecule has 0 aliphatic carbocycles. The first kappa shape index (κ1) is 16.1. The largest absolute Gasteiger partial charge is 0.321 e. The number of pyridine rings is 1. The molecule has 0 amide bonds. The van der Waals surface area contributed by atoms with Gasteiger partial charge in [0.25, 0.3) is 11.2 Å². The second-order valence-electron chi connectivity index (χ2n) is 5.59. The Labute approximate surface area is 143 Å². The number of benzene rings is 2. The van der Waals surface area contributed by atoms with E-state index in [9.17, 15) is 20.2 Å². The average molecular weight is 331 g/mol. The van der Waals surface area contributed by atoms with E-state index >= 15 is 0 Å². The van der Waals surface area contributed by atoms with Crippen molar-refractivity contribution < 1.29 is 4.92 Å². The molecule has 0 bridgehead atoms. The van der Waals surface area contributed by atoms with Gasteiger partial charge in [-0.25, -0.2) is 0 Å². The summed E-state index contributed by atoms with van der Waals surface area (Å²) < 4.78 is 0. The number of hydrogen-bond donors (Lipinski definition) is 1. The van der Waals surface area contributed by atoms with Gasteiger partial charge in [0.2, 0.25) is 0 Å². The number of rotatable bonds is 3. The van der Waals surface area contributed by atoms with Crippen molar-refractivity contribution in [1.82, 2.24) is 4.98 Å². The summed E-state index contributed by atoms with van der Waals surface area (Å²) in [5.41, 5.74) is 2.58. The number of aryl methyl sites for hydroxylation is 1. The fourth-order valence-corrected chi connectivity index (χ4v) is 2.65. The minimum Gasteiger partial charge on any atom is -0.321 e. The summed E-state index contributed by atoms with van der Waals surface area (Å²) in [6.07, 6.45) is 0. The molecule has 2 aromatic carbocycles. The maximum absolute atomic E-state index is 12.3. The van der Waals surface area contributed by atoms with Gasteiger partial charge in [-0.05, 0) is 18.6 Å². The molecule has 0 saturated carbocycles. The van der Waals surface area contributed by atoms with Crippen LogP contribution in [0.5, 0.6) is 0 Å². The van der Waals surface area contributed by atoms with Crippen LogP contribution in [0.1, 0.15) is 11.1 Å². The third kappa shape index (κ3) is 3.16. The molecule has 0 fully saturated rings. The van der Waals surface area contributed by atoms with E-state index in [-0.39, 0.29) is 11.3 Å². The fourth-order valence-electron chi connectivity index (χ4n) is 2.65. The van der Waals surface area contributed by atoms with E-state index in [4.69, 9.17) is 0 Å². The first-order valence-electron chi connectivity index (χ1n) is 7.49. The maximum atomic E-state index is 12.3. The topological polar surface area (TPSA) is 99.8 Å². The third-order valence-electron chi connectivity index (χ3n) is 3.84. The number of nitrogens with zero attached hydrogens (tertiary/aromatic N) is 2. The summed E-state index contributed by atoms with van der Waals surface area (Å²) in [6, 6.07) is 17.1. The number of hydrogen-bond acceptors (Lipinski definition) is 4. The molecule has 1 aromatic heterocycles. The third-order valence-corrected chi connectivity index (χ3v) is 3.84. The van der Waals surface area contributed by atoms with Gasteiger partial charge >= 0.3 is 0 Å². The predicted molar refractivity (Wildman–Crippen MR) is 94.0 cm³/mol. The number of aromatic nitrogens is 1. The zero-order chi connectivity index (χ0) is 18.0. The monoisotopic (exact) mass is 331 g/mol. The Hall–Kier alpha value is -3.72. The van der Waals surface area contributed by atoms with Crippen molar-refractivity contribution in [2.75, 3.05) is 0 Å². The number of nitriles is 1. The lowest BCUT2D eigenvalue weighted by Crippen LogP contribution is -2.12. The van der Waals surface area contributed by atoms with Gasteiger partial charge in [-0.2, -0.15) is 5.26 Å². The Morgan fingerprint density at radius 3 is 2.48 bits per heavy atom. The summed E-state index contributed by atoms with van der Waals surface area (Å²) in [5, 5.41) is 20.3. The quantitative estimate of drug-likeness (QED) is 0.583. The zero-order valence-electron chi connectivity index (χ0n) is 13.3. The Balaban J connectivity index is 2.24. The lowest BCUT2D eigenvalue weighted by molar-refractivity contribution is -0.384. The number of nitro groups is 1. The van der Waals surface area contributed by atoms with E-state index in [1.165, 1.54) is 12.1 Å². The van der Waals surface area contributed by atoms with Crippen LogP contribution >= 0.6 is 0 Å². The first-order valence-corrected chi connectivity index (χ1v) is 7.49. The SMILES string of the molecule is Cc1cccc(-c2cc(-c3cccc([N+](=O)[O-])c3)[nH]c(=O)c2C#N)c1. The van der Waals surface area contributed by atoms with Gasteiger partial charge in [0, 0.05) is 29.0 Å². The van der Waals surface area contributed by atoms with Crippen LogP contribution < -0.4 is 5.56 Å². The van der Waals surface area contributed by atoms with Crippen molar-refractivity contribution in [3.63, 3.8) is 0 Å². The highest BCUT2D eigenvalue weighted by molar-refractivity contribution is 5.76. The molecule has 25 heavy (non-hydrogen) atoms. The molecular formula is C19H13N3O3. The van der Waals surface area contributed by atoms with Crippen molar-refractivity contribution in [3.8, 4) is 28.5 Å². The molecule has 6 nitrogen and oxygen atoms in total. The maximum Gasteiger partial charge on any atom is 0.270 e. The molecule has 0 unspecified atom stereocenters. The lowest BCUT2D eigenvalue weighted by atomic mass is 9.98. The highest BCUT2D eigenvalue weighted by Crippen LogP contribution is 2.28. The van der Waals surface area contributed by atoms with E-state index in [1.54, 1.807) is 18.2 Å². The molecule has 3 aromatic rings. The molecule has 0 aliphatic heterocycles. The van der Waals surface area contributed by atoms with E-state index in [2.05, 4.69) is 4.98 Å². The second-order valence-corrected chi connectivity index (χ2v) is 5.59. The minimum atomic E-state index is -0.525. The summed E-state index contributed by atoms with van der Waals surface area (Å²) in [4.78, 5) is 25.4. The van der Waals surface area contributed by atoms with Crippen molar-refractivity contribution in [2.45, 2.75) is 6.92 Å². The van der Waals surface area contributed by atoms with Crippen LogP contribution in [0.2, 0.25) is 0 Å². The normalized spacial score (nSPS) is 10.2.